The van der Waals surface area contributed by atoms with E-state index < -0.39 is 13.1 Å². The molecule has 3 N–H and O–H groups in total. The molecule has 0 fully saturated rings. The highest BCUT2D eigenvalue weighted by atomic mass is 16.4. The van der Waals surface area contributed by atoms with E-state index in [0.29, 0.717) is 16.7 Å². The van der Waals surface area contributed by atoms with Crippen LogP contribution in [-0.2, 0) is 17.6 Å². The number of hydrogen-bond donors (Lipinski definition) is 3. The minimum absolute atomic E-state index is 0.0465. The molecule has 0 radical (unpaired) electrons. The summed E-state index contributed by atoms with van der Waals surface area (Å²) in [6.07, 6.45) is 1.83. The van der Waals surface area contributed by atoms with Gasteiger partial charge in [0.2, 0.25) is 5.91 Å². The Bertz CT molecular complexity index is 961. The van der Waals surface area contributed by atoms with E-state index in [1.807, 2.05) is 30.3 Å². The number of hydrogen-bond acceptors (Lipinski definition) is 5. The Morgan fingerprint density at radius 3 is 2.81 bits per heavy atom. The predicted octanol–water partition coefficient (Wildman–Crippen LogP) is 1.59. The number of nitriles is 1. The monoisotopic (exact) mass is 348 g/mol. The standard InChI is InChI=1S/C19H17BN2O4/c21-11-14-5-3-4-13(8-14)9-19(23)22-18(20(24)25)10-15-12-26-17-7-2-1-6-16(15)17/h1-8,12,18,24-25H,9-10H2,(H,22,23)/t18-/m0/s1. The van der Waals surface area contributed by atoms with Crippen LogP contribution in [0.5, 0.6) is 0 Å². The van der Waals surface area contributed by atoms with Crippen molar-refractivity contribution in [2.24, 2.45) is 0 Å². The molecule has 26 heavy (non-hydrogen) atoms. The normalized spacial score (nSPS) is 11.7. The first kappa shape index (κ1) is 17.7. The zero-order valence-electron chi connectivity index (χ0n) is 13.9. The second-order valence-electron chi connectivity index (χ2n) is 6.04. The molecule has 2 aromatic carbocycles. The largest absolute Gasteiger partial charge is 0.475 e. The fourth-order valence-corrected chi connectivity index (χ4v) is 2.85. The number of nitrogens with one attached hydrogen (secondary N) is 1. The number of amides is 1. The summed E-state index contributed by atoms with van der Waals surface area (Å²) in [5.74, 6) is -1.23. The van der Waals surface area contributed by atoms with Crippen LogP contribution in [-0.4, -0.2) is 29.0 Å². The average molecular weight is 348 g/mol. The first-order valence-corrected chi connectivity index (χ1v) is 8.16. The smallest absolute Gasteiger partial charge is 0.464 e. The molecule has 1 heterocycles. The lowest BCUT2D eigenvalue weighted by atomic mass is 9.75. The van der Waals surface area contributed by atoms with Gasteiger partial charge in [0.1, 0.15) is 5.58 Å². The molecule has 0 saturated heterocycles. The quantitative estimate of drug-likeness (QED) is 0.587. The van der Waals surface area contributed by atoms with Crippen LogP contribution in [0, 0.1) is 11.3 Å². The van der Waals surface area contributed by atoms with Crippen LogP contribution in [0.2, 0.25) is 0 Å². The van der Waals surface area contributed by atoms with Crippen molar-refractivity contribution in [1.29, 1.82) is 5.26 Å². The van der Waals surface area contributed by atoms with E-state index in [2.05, 4.69) is 5.32 Å². The van der Waals surface area contributed by atoms with Crippen molar-refractivity contribution in [3.8, 4) is 6.07 Å². The molecule has 3 aromatic rings. The third kappa shape index (κ3) is 4.12. The second-order valence-corrected chi connectivity index (χ2v) is 6.04. The molecule has 0 aliphatic rings. The molecule has 130 valence electrons. The lowest BCUT2D eigenvalue weighted by Gasteiger charge is -2.17. The van der Waals surface area contributed by atoms with Crippen molar-refractivity contribution in [1.82, 2.24) is 5.32 Å². The first-order valence-electron chi connectivity index (χ1n) is 8.16. The lowest BCUT2D eigenvalue weighted by Crippen LogP contribution is -2.48. The molecule has 6 nitrogen and oxygen atoms in total. The van der Waals surface area contributed by atoms with Crippen LogP contribution in [0.1, 0.15) is 16.7 Å². The van der Waals surface area contributed by atoms with Gasteiger partial charge in [-0.1, -0.05) is 30.3 Å². The summed E-state index contributed by atoms with van der Waals surface area (Å²) in [5, 5.41) is 31.7. The van der Waals surface area contributed by atoms with Crippen molar-refractivity contribution in [3.63, 3.8) is 0 Å². The topological polar surface area (TPSA) is 106 Å². The number of carbonyl (C=O) groups excluding carboxylic acids is 1. The van der Waals surface area contributed by atoms with Crippen molar-refractivity contribution in [2.75, 3.05) is 0 Å². The van der Waals surface area contributed by atoms with E-state index in [1.54, 1.807) is 30.5 Å². The van der Waals surface area contributed by atoms with Crippen LogP contribution in [0.15, 0.2) is 59.2 Å². The van der Waals surface area contributed by atoms with Gasteiger partial charge >= 0.3 is 7.12 Å². The third-order valence-corrected chi connectivity index (χ3v) is 4.13. The highest BCUT2D eigenvalue weighted by molar-refractivity contribution is 6.43. The summed E-state index contributed by atoms with van der Waals surface area (Å²) in [7, 11) is -1.71. The molecule has 0 aliphatic carbocycles. The Hall–Kier alpha value is -3.08. The van der Waals surface area contributed by atoms with Gasteiger partial charge in [-0.25, -0.2) is 0 Å². The molecular weight excluding hydrogens is 331 g/mol. The molecule has 0 bridgehead atoms. The Balaban J connectivity index is 1.70. The third-order valence-electron chi connectivity index (χ3n) is 4.13. The van der Waals surface area contributed by atoms with Crippen LogP contribution in [0.3, 0.4) is 0 Å². The van der Waals surface area contributed by atoms with Gasteiger partial charge in [-0.3, -0.25) is 4.79 Å². The Kier molecular flexibility index (Phi) is 5.37. The number of furan rings is 1. The minimum atomic E-state index is -1.71. The predicted molar refractivity (Wildman–Crippen MR) is 96.9 cm³/mol. The molecule has 1 aromatic heterocycles. The zero-order chi connectivity index (χ0) is 18.5. The molecule has 7 heteroatoms. The molecule has 1 amide bonds. The summed E-state index contributed by atoms with van der Waals surface area (Å²) >= 11 is 0. The fraction of sp³-hybridized carbons (Fsp3) is 0.158. The van der Waals surface area contributed by atoms with Crippen LogP contribution < -0.4 is 5.32 Å². The highest BCUT2D eigenvalue weighted by Crippen LogP contribution is 2.22. The van der Waals surface area contributed by atoms with E-state index in [0.717, 1.165) is 10.9 Å². The van der Waals surface area contributed by atoms with Gasteiger partial charge in [0, 0.05) is 5.39 Å². The van der Waals surface area contributed by atoms with Crippen molar-refractivity contribution >= 4 is 24.0 Å². The zero-order valence-corrected chi connectivity index (χ0v) is 13.9. The number of para-hydroxylation sites is 1. The van der Waals surface area contributed by atoms with Crippen molar-refractivity contribution < 1.29 is 19.3 Å². The molecule has 3 rings (SSSR count). The van der Waals surface area contributed by atoms with E-state index >= 15 is 0 Å². The highest BCUT2D eigenvalue weighted by Gasteiger charge is 2.27. The maximum absolute atomic E-state index is 12.3. The summed E-state index contributed by atoms with van der Waals surface area (Å²) in [5.41, 5.74) is 2.64. The van der Waals surface area contributed by atoms with E-state index in [1.165, 1.54) is 0 Å². The lowest BCUT2D eigenvalue weighted by molar-refractivity contribution is -0.120. The molecule has 0 aliphatic heterocycles. The summed E-state index contributed by atoms with van der Waals surface area (Å²) in [4.78, 5) is 12.3. The van der Waals surface area contributed by atoms with Crippen LogP contribution in [0.25, 0.3) is 11.0 Å². The molecular formula is C19H17BN2O4. The molecule has 0 saturated carbocycles. The van der Waals surface area contributed by atoms with Crippen LogP contribution >= 0.6 is 0 Å². The Labute approximate surface area is 150 Å². The van der Waals surface area contributed by atoms with Crippen molar-refractivity contribution in [2.45, 2.75) is 18.8 Å². The maximum Gasteiger partial charge on any atom is 0.475 e. The molecule has 0 spiro atoms. The first-order chi connectivity index (χ1) is 12.6. The van der Waals surface area contributed by atoms with Crippen molar-refractivity contribution in [3.05, 3.63) is 71.5 Å². The SMILES string of the molecule is N#Cc1cccc(CC(=O)N[C@@H](Cc2coc3ccccc23)B(O)O)c1. The van der Waals surface area contributed by atoms with E-state index in [9.17, 15) is 14.8 Å². The number of nitrogens with zero attached hydrogens (tertiary/aromatic N) is 1. The molecule has 1 atom stereocenters. The van der Waals surface area contributed by atoms with Gasteiger partial charge in [0.15, 0.2) is 0 Å². The Morgan fingerprint density at radius 1 is 1.23 bits per heavy atom. The van der Waals surface area contributed by atoms with E-state index in [4.69, 9.17) is 9.68 Å². The second kappa shape index (κ2) is 7.87. The van der Waals surface area contributed by atoms with Gasteiger partial charge in [-0.15, -0.1) is 0 Å². The number of fused-ring (bicyclic) bond motifs is 1. The molecule has 0 unspecified atom stereocenters. The van der Waals surface area contributed by atoms with Crippen LogP contribution in [0.4, 0.5) is 0 Å². The number of carbonyl (C=O) groups is 1. The van der Waals surface area contributed by atoms with Gasteiger partial charge in [0.25, 0.3) is 0 Å². The van der Waals surface area contributed by atoms with Gasteiger partial charge in [0.05, 0.1) is 30.3 Å². The summed E-state index contributed by atoms with van der Waals surface area (Å²) in [6, 6.07) is 16.2. The summed E-state index contributed by atoms with van der Waals surface area (Å²) in [6.45, 7) is 0. The van der Waals surface area contributed by atoms with Gasteiger partial charge < -0.3 is 19.8 Å². The minimum Gasteiger partial charge on any atom is -0.464 e. The maximum atomic E-state index is 12.3. The average Bonchev–Trinajstić information content (AvgIpc) is 3.04. The number of benzene rings is 2. The fourth-order valence-electron chi connectivity index (χ4n) is 2.85. The summed E-state index contributed by atoms with van der Waals surface area (Å²) < 4.78 is 5.45. The van der Waals surface area contributed by atoms with Gasteiger partial charge in [-0.05, 0) is 35.7 Å². The van der Waals surface area contributed by atoms with E-state index in [-0.39, 0.29) is 18.7 Å². The van der Waals surface area contributed by atoms with Gasteiger partial charge in [-0.2, -0.15) is 5.26 Å². The Morgan fingerprint density at radius 2 is 2.04 bits per heavy atom. The number of rotatable bonds is 6.